The second-order valence-corrected chi connectivity index (χ2v) is 13.2. The van der Waals surface area contributed by atoms with E-state index in [0.717, 1.165) is 16.4 Å². The van der Waals surface area contributed by atoms with Gasteiger partial charge in [0.1, 0.15) is 17.6 Å². The molecule has 272 valence electrons. The largest absolute Gasteiger partial charge is 0.670 e. The van der Waals surface area contributed by atoms with Gasteiger partial charge in [-0.2, -0.15) is 39.1 Å². The summed E-state index contributed by atoms with van der Waals surface area (Å²) in [7, 11) is -4.46. The quantitative estimate of drug-likeness (QED) is 0.200. The van der Waals surface area contributed by atoms with Crippen molar-refractivity contribution in [1.29, 1.82) is 0 Å². The van der Waals surface area contributed by atoms with Crippen molar-refractivity contribution >= 4 is 45.4 Å². The minimum atomic E-state index is -4.64. The molecule has 0 aromatic heterocycles. The maximum absolute atomic E-state index is 14.4. The molecule has 2 aliphatic rings. The number of amides is 2. The van der Waals surface area contributed by atoms with E-state index in [1.54, 1.807) is 55.5 Å². The van der Waals surface area contributed by atoms with Gasteiger partial charge in [-0.3, -0.25) is 14.4 Å². The van der Waals surface area contributed by atoms with Crippen LogP contribution < -0.4 is 4.74 Å². The van der Waals surface area contributed by atoms with Crippen LogP contribution in [-0.2, 0) is 16.5 Å². The summed E-state index contributed by atoms with van der Waals surface area (Å²) in [6.45, 7) is -0.199. The number of carbonyl (C=O) groups is 1. The molecule has 3 aromatic rings. The molecule has 0 aliphatic carbocycles. The third kappa shape index (κ3) is 9.58. The monoisotopic (exact) mass is 768 g/mol. The van der Waals surface area contributed by atoms with Crippen molar-refractivity contribution in [2.45, 2.75) is 31.4 Å². The number of benzene rings is 3. The van der Waals surface area contributed by atoms with Gasteiger partial charge < -0.3 is 15.4 Å². The minimum Gasteiger partial charge on any atom is -0.670 e. The summed E-state index contributed by atoms with van der Waals surface area (Å²) in [5.41, 5.74) is 6.30. The summed E-state index contributed by atoms with van der Waals surface area (Å²) in [5, 5.41) is 0.932. The van der Waals surface area contributed by atoms with Crippen LogP contribution in [0.25, 0.3) is 5.73 Å². The first-order valence-electron chi connectivity index (χ1n) is 14.8. The van der Waals surface area contributed by atoms with Gasteiger partial charge >= 0.3 is 28.7 Å². The highest BCUT2D eigenvalue weighted by Crippen LogP contribution is 2.46. The number of hydrogen-bond donors (Lipinski definition) is 1. The standard InChI is InChI=1S/C29H27Cl2F3N4O5S.C2H3F3N/c1-2-43-24-17-20(29(32,33)34)7-12-23(24)27-35-25(18-3-8-21(30)9-4-18)26(19-5-10-22(31)11-6-19)38(27)28(39)36-13-15-37(16-14-36)44(40,41)42;3-2(4,5)1-6/h3-12,17,25-26H,2,13-16H2,1H3,(H,40,41,42);6H,1H2/q;-1. The van der Waals surface area contributed by atoms with Crippen molar-refractivity contribution in [2.24, 2.45) is 4.99 Å². The molecule has 2 unspecified atom stereocenters. The first-order valence-corrected chi connectivity index (χ1v) is 16.9. The molecule has 2 heterocycles. The van der Waals surface area contributed by atoms with E-state index >= 15 is 0 Å². The van der Waals surface area contributed by atoms with Crippen molar-refractivity contribution in [2.75, 3.05) is 39.3 Å². The van der Waals surface area contributed by atoms with Crippen molar-refractivity contribution in [3.05, 3.63) is 105 Å². The lowest BCUT2D eigenvalue weighted by Gasteiger charge is -2.38. The molecule has 2 amide bonds. The molecule has 1 saturated heterocycles. The first kappa shape index (κ1) is 39.2. The lowest BCUT2D eigenvalue weighted by atomic mass is 9.93. The van der Waals surface area contributed by atoms with Crippen molar-refractivity contribution in [1.82, 2.24) is 14.1 Å². The molecule has 2 atom stereocenters. The van der Waals surface area contributed by atoms with Crippen LogP contribution >= 0.6 is 23.2 Å². The molecule has 1 fully saturated rings. The third-order valence-corrected chi connectivity index (χ3v) is 9.10. The van der Waals surface area contributed by atoms with Gasteiger partial charge in [-0.15, -0.1) is 0 Å². The van der Waals surface area contributed by atoms with Crippen molar-refractivity contribution in [3.8, 4) is 5.75 Å². The Labute approximate surface area is 293 Å². The van der Waals surface area contributed by atoms with Crippen LogP contribution in [0.15, 0.2) is 71.7 Å². The van der Waals surface area contributed by atoms with Gasteiger partial charge in [0.2, 0.25) is 0 Å². The highest BCUT2D eigenvalue weighted by atomic mass is 35.5. The number of ether oxygens (including phenoxy) is 1. The Kier molecular flexibility index (Phi) is 12.3. The fourth-order valence-electron chi connectivity index (χ4n) is 5.28. The lowest BCUT2D eigenvalue weighted by molar-refractivity contribution is -0.137. The second kappa shape index (κ2) is 15.7. The summed E-state index contributed by atoms with van der Waals surface area (Å²) in [5.74, 6) is -0.0361. The van der Waals surface area contributed by atoms with Crippen LogP contribution in [0, 0.1) is 0 Å². The van der Waals surface area contributed by atoms with Gasteiger partial charge in [0.05, 0.1) is 23.8 Å². The van der Waals surface area contributed by atoms with Gasteiger partial charge in [-0.25, -0.2) is 4.79 Å². The fraction of sp³-hybridized carbons (Fsp3) is 0.355. The van der Waals surface area contributed by atoms with Crippen LogP contribution in [0.4, 0.5) is 31.1 Å². The molecule has 0 spiro atoms. The van der Waals surface area contributed by atoms with E-state index in [2.05, 4.69) is 0 Å². The fourth-order valence-corrected chi connectivity index (χ4v) is 6.15. The normalized spacial score (nSPS) is 18.7. The second-order valence-electron chi connectivity index (χ2n) is 10.9. The van der Waals surface area contributed by atoms with E-state index in [4.69, 9.17) is 38.7 Å². The molecule has 3 aromatic carbocycles. The number of nitrogens with one attached hydrogen (secondary N) is 1. The molecular weight excluding hydrogens is 739 g/mol. The van der Waals surface area contributed by atoms with Crippen LogP contribution in [0.5, 0.6) is 5.75 Å². The van der Waals surface area contributed by atoms with Gasteiger partial charge in [-0.05, 0) is 60.5 Å². The number of halogens is 8. The predicted molar refractivity (Wildman–Crippen MR) is 175 cm³/mol. The minimum absolute atomic E-state index is 0.0489. The zero-order valence-corrected chi connectivity index (χ0v) is 28.4. The number of carbonyl (C=O) groups excluding carboxylic acids is 1. The third-order valence-electron chi connectivity index (χ3n) is 7.58. The average Bonchev–Trinajstić information content (AvgIpc) is 3.44. The zero-order chi connectivity index (χ0) is 37.0. The lowest BCUT2D eigenvalue weighted by Crippen LogP contribution is -2.55. The Morgan fingerprint density at radius 3 is 1.90 bits per heavy atom. The highest BCUT2D eigenvalue weighted by molar-refractivity contribution is 7.83. The molecule has 0 radical (unpaired) electrons. The topological polar surface area (TPSA) is 127 Å². The molecule has 5 rings (SSSR count). The number of nitrogens with zero attached hydrogens (tertiary/aromatic N) is 4. The maximum atomic E-state index is 14.4. The number of rotatable bonds is 6. The molecule has 2 N–H and O–H groups in total. The number of amidine groups is 1. The zero-order valence-electron chi connectivity index (χ0n) is 26.0. The molecule has 19 heteroatoms. The smallest absolute Gasteiger partial charge is 0.416 e. The summed E-state index contributed by atoms with van der Waals surface area (Å²) < 4.78 is 112. The first-order chi connectivity index (χ1) is 23.3. The van der Waals surface area contributed by atoms with Gasteiger partial charge in [0.25, 0.3) is 0 Å². The van der Waals surface area contributed by atoms with E-state index in [-0.39, 0.29) is 49.9 Å². The van der Waals surface area contributed by atoms with E-state index in [9.17, 15) is 44.1 Å². The molecule has 50 heavy (non-hydrogen) atoms. The average molecular weight is 770 g/mol. The van der Waals surface area contributed by atoms with E-state index in [1.807, 2.05) is 0 Å². The van der Waals surface area contributed by atoms with Crippen molar-refractivity contribution in [3.63, 3.8) is 0 Å². The number of aliphatic imine (C=N–C) groups is 1. The summed E-state index contributed by atoms with van der Waals surface area (Å²) in [6.07, 6.45) is -8.93. The Hall–Kier alpha value is -3.61. The maximum Gasteiger partial charge on any atom is 0.416 e. The number of urea groups is 1. The van der Waals surface area contributed by atoms with Crippen LogP contribution in [-0.4, -0.2) is 84.4 Å². The number of hydrogen-bond acceptors (Lipinski definition) is 5. The van der Waals surface area contributed by atoms with Crippen LogP contribution in [0.1, 0.15) is 41.3 Å². The van der Waals surface area contributed by atoms with Crippen molar-refractivity contribution < 1.29 is 48.8 Å². The van der Waals surface area contributed by atoms with E-state index in [0.29, 0.717) is 21.2 Å². The summed E-state index contributed by atoms with van der Waals surface area (Å²) >= 11 is 12.3. The van der Waals surface area contributed by atoms with Gasteiger partial charge in [0.15, 0.2) is 0 Å². The molecule has 2 aliphatic heterocycles. The van der Waals surface area contributed by atoms with Gasteiger partial charge in [0, 0.05) is 36.2 Å². The number of alkyl halides is 6. The molecule has 0 bridgehead atoms. The molecule has 10 nitrogen and oxygen atoms in total. The highest BCUT2D eigenvalue weighted by Gasteiger charge is 2.45. The van der Waals surface area contributed by atoms with Crippen LogP contribution in [0.3, 0.4) is 0 Å². The number of piperazine rings is 1. The summed E-state index contributed by atoms with van der Waals surface area (Å²) in [4.78, 5) is 22.1. The Morgan fingerprint density at radius 1 is 0.920 bits per heavy atom. The van der Waals surface area contributed by atoms with Crippen LogP contribution in [0.2, 0.25) is 10.0 Å². The Bertz CT molecular complexity index is 1790. The predicted octanol–water partition coefficient (Wildman–Crippen LogP) is 8.10. The van der Waals surface area contributed by atoms with E-state index < -0.39 is 52.9 Å². The Balaban J connectivity index is 0.000000860. The molecular formula is C31H30Cl2F6N5O5S-. The summed E-state index contributed by atoms with van der Waals surface area (Å²) in [6, 6.07) is 14.6. The molecule has 0 saturated carbocycles. The van der Waals surface area contributed by atoms with Gasteiger partial charge in [-0.1, -0.05) is 54.0 Å². The van der Waals surface area contributed by atoms with E-state index in [1.165, 1.54) is 15.9 Å². The SMILES string of the molecule is CCOc1cc(C(F)(F)F)ccc1C1=NC(c2ccc(Cl)cc2)C(c2ccc(Cl)cc2)N1C(=O)N1CCN(S(=O)(=O)O)CC1.[NH-]CC(F)(F)F. The Morgan fingerprint density at radius 2 is 1.44 bits per heavy atom.